The van der Waals surface area contributed by atoms with E-state index in [-0.39, 0.29) is 12.5 Å². The van der Waals surface area contributed by atoms with Crippen LogP contribution in [0.1, 0.15) is 25.2 Å². The predicted molar refractivity (Wildman–Crippen MR) is 121 cm³/mol. The minimum atomic E-state index is -4.58. The molecule has 4 rings (SSSR count). The Morgan fingerprint density at radius 1 is 1.21 bits per heavy atom. The third-order valence-electron chi connectivity index (χ3n) is 5.85. The van der Waals surface area contributed by atoms with E-state index < -0.39 is 28.1 Å². The number of amides is 1. The number of hydrogen-bond donors (Lipinski definition) is 2. The van der Waals surface area contributed by atoms with Gasteiger partial charge < -0.3 is 20.5 Å². The number of aromatic nitrogens is 2. The summed E-state index contributed by atoms with van der Waals surface area (Å²) in [4.78, 5) is 18.8. The van der Waals surface area contributed by atoms with Crippen LogP contribution in [0.4, 0.5) is 29.1 Å². The predicted octanol–water partition coefficient (Wildman–Crippen LogP) is 5.14. The molecule has 0 atom stereocenters. The summed E-state index contributed by atoms with van der Waals surface area (Å²) in [6.45, 7) is 4.19. The second-order valence-corrected chi connectivity index (χ2v) is 8.83. The number of benzene rings is 2. The molecule has 0 unspecified atom stereocenters. The van der Waals surface area contributed by atoms with Gasteiger partial charge in [0.1, 0.15) is 23.2 Å². The summed E-state index contributed by atoms with van der Waals surface area (Å²) >= 11 is 5.90. The number of carbonyl (C=O) groups is 1. The Morgan fingerprint density at radius 3 is 2.56 bits per heavy atom. The number of fused-ring (bicyclic) bond motifs is 1. The molecule has 1 aromatic heterocycles. The van der Waals surface area contributed by atoms with Crippen LogP contribution in [0.3, 0.4) is 0 Å². The molecule has 1 aliphatic rings. The maximum Gasteiger partial charge on any atom is 0.417 e. The average molecular weight is 496 g/mol. The van der Waals surface area contributed by atoms with E-state index in [4.69, 9.17) is 22.3 Å². The molecule has 1 aliphatic heterocycles. The second-order valence-electron chi connectivity index (χ2n) is 8.42. The van der Waals surface area contributed by atoms with Gasteiger partial charge in [0, 0.05) is 24.3 Å². The minimum Gasteiger partial charge on any atom is -0.340 e. The Morgan fingerprint density at radius 2 is 1.94 bits per heavy atom. The average Bonchev–Trinajstić information content (AvgIpc) is 3.12. The lowest BCUT2D eigenvalue weighted by Gasteiger charge is -2.42. The lowest BCUT2D eigenvalue weighted by molar-refractivity contribution is -0.138. The summed E-state index contributed by atoms with van der Waals surface area (Å²) in [6.07, 6.45) is -4.58. The second kappa shape index (κ2) is 8.59. The standard InChI is InChI=1S/C23H22ClF4N5O/c1-22(2)21-31-19(13-4-3-5-14(25)10-13)20(32(21)8-9-33(22)18(34)12-29)30-15-6-7-16(17(24)11-15)23(26,27)28/h3-7,10-11,30H,8-9,12,29H2,1-2H3. The first-order valence-electron chi connectivity index (χ1n) is 10.4. The molecule has 0 fully saturated rings. The highest BCUT2D eigenvalue weighted by Gasteiger charge is 2.41. The van der Waals surface area contributed by atoms with Gasteiger partial charge in [-0.15, -0.1) is 0 Å². The number of nitrogens with one attached hydrogen (secondary N) is 1. The van der Waals surface area contributed by atoms with Gasteiger partial charge in [0.2, 0.25) is 5.91 Å². The fraction of sp³-hybridized carbons (Fsp3) is 0.304. The SMILES string of the molecule is CC1(C)c2nc(-c3cccc(F)c3)c(Nc3ccc(C(F)(F)F)c(Cl)c3)n2CCN1C(=O)CN. The summed E-state index contributed by atoms with van der Waals surface area (Å²) in [6, 6.07) is 9.17. The van der Waals surface area contributed by atoms with Crippen molar-refractivity contribution in [3.8, 4) is 11.3 Å². The molecule has 0 spiro atoms. The quantitative estimate of drug-likeness (QED) is 0.491. The Labute approximate surface area is 198 Å². The summed E-state index contributed by atoms with van der Waals surface area (Å²) in [5, 5.41) is 2.66. The number of nitrogens with zero attached hydrogens (tertiary/aromatic N) is 3. The number of carbonyl (C=O) groups excluding carboxylic acids is 1. The lowest BCUT2D eigenvalue weighted by atomic mass is 9.99. The zero-order valence-electron chi connectivity index (χ0n) is 18.4. The van der Waals surface area contributed by atoms with E-state index in [0.717, 1.165) is 6.07 Å². The van der Waals surface area contributed by atoms with Gasteiger partial charge >= 0.3 is 6.18 Å². The van der Waals surface area contributed by atoms with E-state index in [2.05, 4.69) is 5.32 Å². The lowest BCUT2D eigenvalue weighted by Crippen LogP contribution is -2.53. The molecule has 0 bridgehead atoms. The summed E-state index contributed by atoms with van der Waals surface area (Å²) in [7, 11) is 0. The van der Waals surface area contributed by atoms with Gasteiger partial charge in [0.05, 0.1) is 22.7 Å². The Balaban J connectivity index is 1.85. The van der Waals surface area contributed by atoms with Gasteiger partial charge in [-0.05, 0) is 44.2 Å². The number of imidazole rings is 1. The molecule has 34 heavy (non-hydrogen) atoms. The van der Waals surface area contributed by atoms with Gasteiger partial charge in [-0.3, -0.25) is 4.79 Å². The van der Waals surface area contributed by atoms with E-state index in [0.29, 0.717) is 41.7 Å². The molecule has 0 saturated heterocycles. The van der Waals surface area contributed by atoms with Crippen molar-refractivity contribution in [2.45, 2.75) is 32.1 Å². The molecule has 0 aliphatic carbocycles. The van der Waals surface area contributed by atoms with Crippen LogP contribution in [0.5, 0.6) is 0 Å². The van der Waals surface area contributed by atoms with Gasteiger partial charge in [0.25, 0.3) is 0 Å². The van der Waals surface area contributed by atoms with Gasteiger partial charge in [0.15, 0.2) is 0 Å². The van der Waals surface area contributed by atoms with E-state index in [1.165, 1.54) is 30.3 Å². The van der Waals surface area contributed by atoms with Crippen molar-refractivity contribution < 1.29 is 22.4 Å². The fourth-order valence-electron chi connectivity index (χ4n) is 4.21. The van der Waals surface area contributed by atoms with Crippen LogP contribution < -0.4 is 11.1 Å². The molecule has 3 aromatic rings. The molecule has 0 radical (unpaired) electrons. The first-order chi connectivity index (χ1) is 15.9. The smallest absolute Gasteiger partial charge is 0.340 e. The highest BCUT2D eigenvalue weighted by atomic mass is 35.5. The summed E-state index contributed by atoms with van der Waals surface area (Å²) in [5.41, 5.74) is 4.95. The van der Waals surface area contributed by atoms with Crippen molar-refractivity contribution in [1.29, 1.82) is 0 Å². The Bertz CT molecular complexity index is 1250. The van der Waals surface area contributed by atoms with Crippen LogP contribution in [-0.4, -0.2) is 33.4 Å². The molecule has 180 valence electrons. The highest BCUT2D eigenvalue weighted by Crippen LogP contribution is 2.41. The number of rotatable bonds is 4. The van der Waals surface area contributed by atoms with Gasteiger partial charge in [-0.1, -0.05) is 23.7 Å². The maximum atomic E-state index is 14.0. The number of halogens is 5. The van der Waals surface area contributed by atoms with Crippen molar-refractivity contribution in [3.63, 3.8) is 0 Å². The third kappa shape index (κ3) is 4.23. The first-order valence-corrected chi connectivity index (χ1v) is 10.8. The zero-order chi connectivity index (χ0) is 24.8. The minimum absolute atomic E-state index is 0.157. The van der Waals surface area contributed by atoms with Crippen LogP contribution in [0.2, 0.25) is 5.02 Å². The topological polar surface area (TPSA) is 76.2 Å². The first kappa shape index (κ1) is 24.0. The van der Waals surface area contributed by atoms with Gasteiger partial charge in [-0.25, -0.2) is 9.37 Å². The van der Waals surface area contributed by atoms with Crippen LogP contribution in [0, 0.1) is 5.82 Å². The molecule has 2 heterocycles. The van der Waals surface area contributed by atoms with E-state index in [1.807, 2.05) is 18.4 Å². The number of anilines is 2. The molecular formula is C23H22ClF4N5O. The van der Waals surface area contributed by atoms with E-state index >= 15 is 0 Å². The molecule has 1 amide bonds. The zero-order valence-corrected chi connectivity index (χ0v) is 19.1. The van der Waals surface area contributed by atoms with Crippen molar-refractivity contribution in [1.82, 2.24) is 14.5 Å². The largest absolute Gasteiger partial charge is 0.417 e. The van der Waals surface area contributed by atoms with Crippen LogP contribution in [0.25, 0.3) is 11.3 Å². The molecule has 11 heteroatoms. The van der Waals surface area contributed by atoms with Gasteiger partial charge in [-0.2, -0.15) is 13.2 Å². The summed E-state index contributed by atoms with van der Waals surface area (Å²) < 4.78 is 55.2. The molecule has 6 nitrogen and oxygen atoms in total. The maximum absolute atomic E-state index is 14.0. The van der Waals surface area contributed by atoms with E-state index in [9.17, 15) is 22.4 Å². The third-order valence-corrected chi connectivity index (χ3v) is 6.16. The van der Waals surface area contributed by atoms with Crippen LogP contribution in [0.15, 0.2) is 42.5 Å². The normalized spacial score (nSPS) is 15.2. The van der Waals surface area contributed by atoms with E-state index in [1.54, 1.807) is 11.0 Å². The van der Waals surface area contributed by atoms with Crippen molar-refractivity contribution in [2.24, 2.45) is 5.73 Å². The van der Waals surface area contributed by atoms with Crippen molar-refractivity contribution >= 4 is 29.0 Å². The Kier molecular flexibility index (Phi) is 6.07. The highest BCUT2D eigenvalue weighted by molar-refractivity contribution is 6.31. The molecular weight excluding hydrogens is 474 g/mol. The van der Waals surface area contributed by atoms with Crippen molar-refractivity contribution in [2.75, 3.05) is 18.4 Å². The number of nitrogens with two attached hydrogens (primary N) is 1. The van der Waals surface area contributed by atoms with Crippen molar-refractivity contribution in [3.05, 3.63) is 64.7 Å². The summed E-state index contributed by atoms with van der Waals surface area (Å²) in [5.74, 6) is 0.270. The fourth-order valence-corrected chi connectivity index (χ4v) is 4.50. The molecule has 2 aromatic carbocycles. The van der Waals surface area contributed by atoms with Crippen LogP contribution >= 0.6 is 11.6 Å². The Hall–Kier alpha value is -3.11. The molecule has 3 N–H and O–H groups in total. The molecule has 0 saturated carbocycles. The van der Waals surface area contributed by atoms with Crippen LogP contribution in [-0.2, 0) is 23.1 Å². The number of hydrogen-bond acceptors (Lipinski definition) is 4. The monoisotopic (exact) mass is 495 g/mol. The number of alkyl halides is 3.